The minimum Gasteiger partial charge on any atom is -0.379 e. The van der Waals surface area contributed by atoms with E-state index < -0.39 is 0 Å². The average Bonchev–Trinajstić information content (AvgIpc) is 2.15. The van der Waals surface area contributed by atoms with Crippen LogP contribution >= 0.6 is 31.9 Å². The summed E-state index contributed by atoms with van der Waals surface area (Å²) in [6.45, 7) is 4.31. The first-order valence-electron chi connectivity index (χ1n) is 3.90. The fraction of sp³-hybridized carbons (Fsp3) is 0.100. The summed E-state index contributed by atoms with van der Waals surface area (Å²) in [5, 5.41) is 11.9. The zero-order chi connectivity index (χ0) is 10.6. The summed E-state index contributed by atoms with van der Waals surface area (Å²) in [5.74, 6) is 0. The van der Waals surface area contributed by atoms with Crippen LogP contribution in [0.2, 0.25) is 0 Å². The van der Waals surface area contributed by atoms with Crippen LogP contribution in [0.5, 0.6) is 0 Å². The van der Waals surface area contributed by atoms with Crippen LogP contribution in [-0.4, -0.2) is 6.54 Å². The van der Waals surface area contributed by atoms with Crippen molar-refractivity contribution >= 4 is 37.5 Å². The Morgan fingerprint density at radius 2 is 2.29 bits per heavy atom. The maximum Gasteiger partial charge on any atom is 0.101 e. The first-order valence-corrected chi connectivity index (χ1v) is 5.49. The molecule has 0 aliphatic carbocycles. The van der Waals surface area contributed by atoms with Gasteiger partial charge in [-0.2, -0.15) is 5.26 Å². The van der Waals surface area contributed by atoms with Crippen molar-refractivity contribution in [3.8, 4) is 6.07 Å². The topological polar surface area (TPSA) is 35.8 Å². The van der Waals surface area contributed by atoms with Gasteiger partial charge >= 0.3 is 0 Å². The number of hydrogen-bond donors (Lipinski definition) is 1. The summed E-state index contributed by atoms with van der Waals surface area (Å²) in [6.07, 6.45) is 0. The Hall–Kier alpha value is -0.790. The molecule has 1 rings (SSSR count). The molecule has 0 bridgehead atoms. The van der Waals surface area contributed by atoms with E-state index in [-0.39, 0.29) is 0 Å². The molecule has 1 aromatic carbocycles. The number of halogens is 2. The smallest absolute Gasteiger partial charge is 0.101 e. The van der Waals surface area contributed by atoms with Crippen LogP contribution in [-0.2, 0) is 0 Å². The van der Waals surface area contributed by atoms with Gasteiger partial charge in [0, 0.05) is 15.5 Å². The average molecular weight is 316 g/mol. The molecule has 0 fully saturated rings. The molecule has 0 aromatic heterocycles. The highest BCUT2D eigenvalue weighted by Crippen LogP contribution is 2.21. The van der Waals surface area contributed by atoms with Crippen molar-refractivity contribution in [3.63, 3.8) is 0 Å². The summed E-state index contributed by atoms with van der Waals surface area (Å²) in [7, 11) is 0. The molecule has 1 aromatic rings. The van der Waals surface area contributed by atoms with E-state index in [0.717, 1.165) is 14.6 Å². The molecule has 1 N–H and O–H groups in total. The number of benzene rings is 1. The van der Waals surface area contributed by atoms with Gasteiger partial charge in [-0.15, -0.1) is 0 Å². The molecule has 4 heteroatoms. The van der Waals surface area contributed by atoms with Gasteiger partial charge in [-0.1, -0.05) is 38.4 Å². The standard InChI is InChI=1S/C10H8Br2N2/c1-7(11)6-14-10-4-9(12)3-2-8(10)5-13/h2-4,14H,1,6H2. The molecule has 0 spiro atoms. The van der Waals surface area contributed by atoms with Crippen LogP contribution in [0.25, 0.3) is 0 Å². The molecule has 0 unspecified atom stereocenters. The molecule has 14 heavy (non-hydrogen) atoms. The van der Waals surface area contributed by atoms with E-state index in [9.17, 15) is 0 Å². The second-order valence-electron chi connectivity index (χ2n) is 2.67. The normalized spacial score (nSPS) is 9.21. The SMILES string of the molecule is C=C(Br)CNc1cc(Br)ccc1C#N. The Balaban J connectivity index is 2.89. The molecule has 0 saturated heterocycles. The minimum absolute atomic E-state index is 0.602. The molecule has 0 aliphatic heterocycles. The lowest BCUT2D eigenvalue weighted by Crippen LogP contribution is -2.02. The predicted molar refractivity (Wildman–Crippen MR) is 65.4 cm³/mol. The molecule has 0 amide bonds. The molecule has 0 radical (unpaired) electrons. The molecule has 72 valence electrons. The van der Waals surface area contributed by atoms with E-state index in [2.05, 4.69) is 49.8 Å². The number of hydrogen-bond acceptors (Lipinski definition) is 2. The highest BCUT2D eigenvalue weighted by Gasteiger charge is 2.01. The third-order valence-corrected chi connectivity index (χ3v) is 2.35. The number of nitrogens with one attached hydrogen (secondary N) is 1. The summed E-state index contributed by atoms with van der Waals surface area (Å²) >= 11 is 6.59. The Morgan fingerprint density at radius 3 is 2.86 bits per heavy atom. The van der Waals surface area contributed by atoms with Crippen molar-refractivity contribution in [1.29, 1.82) is 5.26 Å². The highest BCUT2D eigenvalue weighted by atomic mass is 79.9. The van der Waals surface area contributed by atoms with Crippen LogP contribution in [0.4, 0.5) is 5.69 Å². The lowest BCUT2D eigenvalue weighted by Gasteiger charge is -2.07. The third kappa shape index (κ3) is 3.17. The minimum atomic E-state index is 0.602. The molecule has 2 nitrogen and oxygen atoms in total. The quantitative estimate of drug-likeness (QED) is 0.924. The fourth-order valence-corrected chi connectivity index (χ4v) is 1.45. The Kier molecular flexibility index (Phi) is 4.18. The molecule has 0 heterocycles. The monoisotopic (exact) mass is 314 g/mol. The lowest BCUT2D eigenvalue weighted by molar-refractivity contribution is 1.31. The van der Waals surface area contributed by atoms with Gasteiger partial charge in [0.25, 0.3) is 0 Å². The van der Waals surface area contributed by atoms with Gasteiger partial charge < -0.3 is 5.32 Å². The zero-order valence-electron chi connectivity index (χ0n) is 7.35. The Morgan fingerprint density at radius 1 is 1.57 bits per heavy atom. The van der Waals surface area contributed by atoms with Gasteiger partial charge in [0.15, 0.2) is 0 Å². The van der Waals surface area contributed by atoms with Crippen LogP contribution < -0.4 is 5.32 Å². The van der Waals surface area contributed by atoms with Crippen molar-refractivity contribution in [3.05, 3.63) is 39.3 Å². The van der Waals surface area contributed by atoms with Crippen molar-refractivity contribution < 1.29 is 0 Å². The van der Waals surface area contributed by atoms with Crippen molar-refractivity contribution in [2.24, 2.45) is 0 Å². The van der Waals surface area contributed by atoms with Gasteiger partial charge in [0.2, 0.25) is 0 Å². The predicted octanol–water partition coefficient (Wildman–Crippen LogP) is 3.64. The highest BCUT2D eigenvalue weighted by molar-refractivity contribution is 9.11. The molecular weight excluding hydrogens is 308 g/mol. The second kappa shape index (κ2) is 5.18. The van der Waals surface area contributed by atoms with Crippen molar-refractivity contribution in [2.75, 3.05) is 11.9 Å². The molecule has 0 saturated carbocycles. The van der Waals surface area contributed by atoms with Crippen molar-refractivity contribution in [2.45, 2.75) is 0 Å². The first kappa shape index (κ1) is 11.3. The van der Waals surface area contributed by atoms with Crippen molar-refractivity contribution in [1.82, 2.24) is 0 Å². The molecule has 0 aliphatic rings. The lowest BCUT2D eigenvalue weighted by atomic mass is 10.2. The van der Waals surface area contributed by atoms with E-state index >= 15 is 0 Å². The van der Waals surface area contributed by atoms with E-state index in [0.29, 0.717) is 12.1 Å². The summed E-state index contributed by atoms with van der Waals surface area (Å²) in [4.78, 5) is 0. The Labute approximate surface area is 99.9 Å². The maximum atomic E-state index is 8.84. The summed E-state index contributed by atoms with van der Waals surface area (Å²) in [6, 6.07) is 7.59. The van der Waals surface area contributed by atoms with Gasteiger partial charge in [0.05, 0.1) is 11.3 Å². The van der Waals surface area contributed by atoms with E-state index in [1.807, 2.05) is 12.1 Å². The molecule has 0 atom stereocenters. The van der Waals surface area contributed by atoms with Gasteiger partial charge in [-0.25, -0.2) is 0 Å². The van der Waals surface area contributed by atoms with E-state index in [1.165, 1.54) is 0 Å². The van der Waals surface area contributed by atoms with Gasteiger partial charge in [-0.3, -0.25) is 0 Å². The van der Waals surface area contributed by atoms with Gasteiger partial charge in [0.1, 0.15) is 6.07 Å². The van der Waals surface area contributed by atoms with Crippen LogP contribution in [0, 0.1) is 11.3 Å². The van der Waals surface area contributed by atoms with Gasteiger partial charge in [-0.05, 0) is 18.2 Å². The Bertz CT molecular complexity index is 394. The zero-order valence-corrected chi connectivity index (χ0v) is 10.5. The van der Waals surface area contributed by atoms with Crippen LogP contribution in [0.1, 0.15) is 5.56 Å². The summed E-state index contributed by atoms with van der Waals surface area (Å²) in [5.41, 5.74) is 1.43. The second-order valence-corrected chi connectivity index (χ2v) is 4.71. The molecular formula is C10H8Br2N2. The summed E-state index contributed by atoms with van der Waals surface area (Å²) < 4.78 is 1.79. The fourth-order valence-electron chi connectivity index (χ4n) is 0.951. The number of anilines is 1. The van der Waals surface area contributed by atoms with E-state index in [1.54, 1.807) is 6.07 Å². The maximum absolute atomic E-state index is 8.84. The number of rotatable bonds is 3. The van der Waals surface area contributed by atoms with Crippen LogP contribution in [0.15, 0.2) is 33.7 Å². The number of nitriles is 1. The van der Waals surface area contributed by atoms with E-state index in [4.69, 9.17) is 5.26 Å². The largest absolute Gasteiger partial charge is 0.379 e. The third-order valence-electron chi connectivity index (χ3n) is 1.57. The first-order chi connectivity index (χ1) is 6.63. The van der Waals surface area contributed by atoms with Crippen LogP contribution in [0.3, 0.4) is 0 Å². The number of nitrogens with zero attached hydrogens (tertiary/aromatic N) is 1.